The van der Waals surface area contributed by atoms with Gasteiger partial charge in [0.25, 0.3) is 5.91 Å². The molecular formula is C14H18N2O5. The topological polar surface area (TPSA) is 98.9 Å². The number of nitrogens with zero attached hydrogens (tertiary/aromatic N) is 1. The third-order valence-corrected chi connectivity index (χ3v) is 2.99. The Morgan fingerprint density at radius 1 is 1.10 bits per heavy atom. The monoisotopic (exact) mass is 294 g/mol. The van der Waals surface area contributed by atoms with E-state index in [2.05, 4.69) is 9.47 Å². The van der Waals surface area contributed by atoms with Gasteiger partial charge in [-0.1, -0.05) is 6.07 Å². The van der Waals surface area contributed by atoms with Gasteiger partial charge in [-0.25, -0.2) is 0 Å². The van der Waals surface area contributed by atoms with E-state index in [0.717, 1.165) is 4.90 Å². The number of ether oxygens (including phenoxy) is 2. The van der Waals surface area contributed by atoms with Crippen molar-refractivity contribution in [3.05, 3.63) is 29.3 Å². The third kappa shape index (κ3) is 4.20. The molecule has 21 heavy (non-hydrogen) atoms. The van der Waals surface area contributed by atoms with Crippen molar-refractivity contribution in [2.24, 2.45) is 0 Å². The predicted molar refractivity (Wildman–Crippen MR) is 75.5 cm³/mol. The molecule has 2 N–H and O–H groups in total. The number of nitrogens with two attached hydrogens (primary N) is 1. The van der Waals surface area contributed by atoms with Gasteiger partial charge < -0.3 is 20.1 Å². The number of amides is 1. The number of hydrogen-bond donors (Lipinski definition) is 1. The van der Waals surface area contributed by atoms with Crippen LogP contribution in [0.5, 0.6) is 0 Å². The Balaban J connectivity index is 3.06. The van der Waals surface area contributed by atoms with E-state index in [1.54, 1.807) is 25.1 Å². The van der Waals surface area contributed by atoms with E-state index in [9.17, 15) is 14.4 Å². The van der Waals surface area contributed by atoms with Crippen molar-refractivity contribution in [2.75, 3.05) is 33.0 Å². The summed E-state index contributed by atoms with van der Waals surface area (Å²) >= 11 is 0. The molecule has 7 heteroatoms. The minimum atomic E-state index is -0.631. The summed E-state index contributed by atoms with van der Waals surface area (Å²) in [6.07, 6.45) is 0. The van der Waals surface area contributed by atoms with Crippen LogP contribution in [0.25, 0.3) is 0 Å². The zero-order valence-corrected chi connectivity index (χ0v) is 12.2. The second-order valence-corrected chi connectivity index (χ2v) is 4.33. The van der Waals surface area contributed by atoms with Crippen molar-refractivity contribution >= 4 is 23.5 Å². The number of esters is 2. The van der Waals surface area contributed by atoms with Gasteiger partial charge in [-0.15, -0.1) is 0 Å². The van der Waals surface area contributed by atoms with Crippen molar-refractivity contribution in [1.82, 2.24) is 4.90 Å². The summed E-state index contributed by atoms with van der Waals surface area (Å²) in [5.41, 5.74) is 7.12. The average Bonchev–Trinajstić information content (AvgIpc) is 2.48. The summed E-state index contributed by atoms with van der Waals surface area (Å²) in [7, 11) is 2.41. The van der Waals surface area contributed by atoms with E-state index in [-0.39, 0.29) is 13.1 Å². The number of nitrogen functional groups attached to an aromatic ring is 1. The highest BCUT2D eigenvalue weighted by Gasteiger charge is 2.23. The summed E-state index contributed by atoms with van der Waals surface area (Å²) in [6, 6.07) is 4.87. The Bertz CT molecular complexity index is 538. The number of carbonyl (C=O) groups is 3. The Hall–Kier alpha value is -2.57. The Kier molecular flexibility index (Phi) is 5.71. The maximum absolute atomic E-state index is 12.5. The Labute approximate surface area is 122 Å². The molecule has 0 atom stereocenters. The molecule has 114 valence electrons. The highest BCUT2D eigenvalue weighted by molar-refractivity contribution is 5.99. The first-order valence-corrected chi connectivity index (χ1v) is 6.18. The van der Waals surface area contributed by atoms with Crippen LogP contribution >= 0.6 is 0 Å². The number of rotatable bonds is 5. The van der Waals surface area contributed by atoms with Gasteiger partial charge in [-0.2, -0.15) is 0 Å². The maximum Gasteiger partial charge on any atom is 0.325 e. The minimum absolute atomic E-state index is 0.322. The molecule has 1 aromatic carbocycles. The molecule has 0 saturated heterocycles. The maximum atomic E-state index is 12.5. The lowest BCUT2D eigenvalue weighted by Crippen LogP contribution is -2.40. The number of methoxy groups -OCH3 is 2. The van der Waals surface area contributed by atoms with E-state index in [0.29, 0.717) is 16.8 Å². The molecule has 0 aromatic heterocycles. The SMILES string of the molecule is COC(=O)CN(CC(=O)OC)C(=O)c1cccc(N)c1C. The predicted octanol–water partition coefficient (Wildman–Crippen LogP) is 0.365. The van der Waals surface area contributed by atoms with E-state index >= 15 is 0 Å². The van der Waals surface area contributed by atoms with Crippen molar-refractivity contribution in [2.45, 2.75) is 6.92 Å². The lowest BCUT2D eigenvalue weighted by Gasteiger charge is -2.21. The number of benzene rings is 1. The molecule has 0 radical (unpaired) electrons. The second kappa shape index (κ2) is 7.28. The molecule has 1 amide bonds. The standard InChI is InChI=1S/C14H18N2O5/c1-9-10(5-4-6-11(9)15)14(19)16(7-12(17)20-2)8-13(18)21-3/h4-6H,7-8,15H2,1-3H3. The smallest absolute Gasteiger partial charge is 0.325 e. The molecule has 0 unspecified atom stereocenters. The first-order valence-electron chi connectivity index (χ1n) is 6.18. The van der Waals surface area contributed by atoms with E-state index in [1.807, 2.05) is 0 Å². The third-order valence-electron chi connectivity index (χ3n) is 2.99. The average molecular weight is 294 g/mol. The van der Waals surface area contributed by atoms with Crippen molar-refractivity contribution in [1.29, 1.82) is 0 Å². The molecule has 7 nitrogen and oxygen atoms in total. The van der Waals surface area contributed by atoms with Crippen LogP contribution in [0.15, 0.2) is 18.2 Å². The van der Waals surface area contributed by atoms with Crippen LogP contribution in [0.3, 0.4) is 0 Å². The van der Waals surface area contributed by atoms with Gasteiger partial charge in [-0.05, 0) is 24.6 Å². The van der Waals surface area contributed by atoms with Gasteiger partial charge in [-0.3, -0.25) is 14.4 Å². The van der Waals surface area contributed by atoms with Crippen LogP contribution in [0.4, 0.5) is 5.69 Å². The fourth-order valence-electron chi connectivity index (χ4n) is 1.70. The lowest BCUT2D eigenvalue weighted by molar-refractivity contribution is -0.144. The van der Waals surface area contributed by atoms with Gasteiger partial charge in [0.05, 0.1) is 14.2 Å². The number of anilines is 1. The largest absolute Gasteiger partial charge is 0.468 e. The van der Waals surface area contributed by atoms with Crippen LogP contribution in [0, 0.1) is 6.92 Å². The van der Waals surface area contributed by atoms with Crippen molar-refractivity contribution in [3.8, 4) is 0 Å². The van der Waals surface area contributed by atoms with Crippen molar-refractivity contribution in [3.63, 3.8) is 0 Å². The van der Waals surface area contributed by atoms with E-state index in [1.165, 1.54) is 14.2 Å². The summed E-state index contributed by atoms with van der Waals surface area (Å²) in [4.78, 5) is 36.3. The van der Waals surface area contributed by atoms with Crippen LogP contribution in [0.2, 0.25) is 0 Å². The van der Waals surface area contributed by atoms with Crippen molar-refractivity contribution < 1.29 is 23.9 Å². The first kappa shape index (κ1) is 16.5. The minimum Gasteiger partial charge on any atom is -0.468 e. The zero-order valence-electron chi connectivity index (χ0n) is 12.2. The lowest BCUT2D eigenvalue weighted by atomic mass is 10.1. The molecule has 0 bridgehead atoms. The van der Waals surface area contributed by atoms with Crippen LogP contribution in [-0.4, -0.2) is 50.1 Å². The van der Waals surface area contributed by atoms with Gasteiger partial charge in [0, 0.05) is 11.3 Å². The summed E-state index contributed by atoms with van der Waals surface area (Å²) in [5, 5.41) is 0. The fraction of sp³-hybridized carbons (Fsp3) is 0.357. The highest BCUT2D eigenvalue weighted by atomic mass is 16.5. The summed E-state index contributed by atoms with van der Waals surface area (Å²) in [6.45, 7) is 0.994. The molecule has 1 rings (SSSR count). The van der Waals surface area contributed by atoms with E-state index in [4.69, 9.17) is 5.73 Å². The van der Waals surface area contributed by atoms with Crippen LogP contribution < -0.4 is 5.73 Å². The molecule has 1 aromatic rings. The second-order valence-electron chi connectivity index (χ2n) is 4.33. The molecule has 0 spiro atoms. The Morgan fingerprint density at radius 2 is 1.62 bits per heavy atom. The quantitative estimate of drug-likeness (QED) is 0.622. The Morgan fingerprint density at radius 3 is 2.10 bits per heavy atom. The van der Waals surface area contributed by atoms with Crippen LogP contribution in [0.1, 0.15) is 15.9 Å². The number of carbonyl (C=O) groups excluding carboxylic acids is 3. The molecule has 0 saturated carbocycles. The zero-order chi connectivity index (χ0) is 16.0. The molecule has 0 aliphatic heterocycles. The molecule has 0 aliphatic rings. The summed E-state index contributed by atoms with van der Waals surface area (Å²) in [5.74, 6) is -1.75. The normalized spacial score (nSPS) is 9.86. The van der Waals surface area contributed by atoms with E-state index < -0.39 is 17.8 Å². The summed E-state index contributed by atoms with van der Waals surface area (Å²) < 4.78 is 9.05. The highest BCUT2D eigenvalue weighted by Crippen LogP contribution is 2.17. The van der Waals surface area contributed by atoms with Gasteiger partial charge in [0.2, 0.25) is 0 Å². The van der Waals surface area contributed by atoms with Gasteiger partial charge in [0.15, 0.2) is 0 Å². The molecule has 0 fully saturated rings. The number of hydrogen-bond acceptors (Lipinski definition) is 6. The van der Waals surface area contributed by atoms with Gasteiger partial charge >= 0.3 is 11.9 Å². The molecule has 0 aliphatic carbocycles. The van der Waals surface area contributed by atoms with Gasteiger partial charge in [0.1, 0.15) is 13.1 Å². The fourth-order valence-corrected chi connectivity index (χ4v) is 1.70. The van der Waals surface area contributed by atoms with Crippen LogP contribution in [-0.2, 0) is 19.1 Å². The molecular weight excluding hydrogens is 276 g/mol. The first-order chi connectivity index (χ1) is 9.90. The molecule has 0 heterocycles.